The summed E-state index contributed by atoms with van der Waals surface area (Å²) in [6.45, 7) is 1.77. The van der Waals surface area contributed by atoms with E-state index in [1.807, 2.05) is 42.5 Å². The summed E-state index contributed by atoms with van der Waals surface area (Å²) in [5.41, 5.74) is 4.15. The third-order valence-corrected chi connectivity index (χ3v) is 3.49. The van der Waals surface area contributed by atoms with Gasteiger partial charge in [0.05, 0.1) is 0 Å². The minimum Gasteiger partial charge on any atom is -0.315 e. The van der Waals surface area contributed by atoms with Gasteiger partial charge in [0.15, 0.2) is 0 Å². The fourth-order valence-corrected chi connectivity index (χ4v) is 2.44. The van der Waals surface area contributed by atoms with Crippen molar-refractivity contribution in [3.8, 4) is 11.8 Å². The lowest BCUT2D eigenvalue weighted by molar-refractivity contribution is -0.111. The highest BCUT2D eigenvalue weighted by Gasteiger charge is 2.13. The van der Waals surface area contributed by atoms with E-state index < -0.39 is 0 Å². The molecule has 1 aliphatic heterocycles. The molecule has 0 fully saturated rings. The van der Waals surface area contributed by atoms with Crippen LogP contribution < -0.4 is 10.6 Å². The van der Waals surface area contributed by atoms with Crippen LogP contribution in [0.5, 0.6) is 0 Å². The number of carbonyl (C=O) groups is 1. The van der Waals surface area contributed by atoms with Crippen molar-refractivity contribution in [2.45, 2.75) is 13.0 Å². The van der Waals surface area contributed by atoms with Crippen molar-refractivity contribution in [1.82, 2.24) is 5.32 Å². The van der Waals surface area contributed by atoms with Gasteiger partial charge in [0.25, 0.3) is 0 Å². The zero-order valence-electron chi connectivity index (χ0n) is 11.6. The number of fused-ring (bicyclic) bond motifs is 1. The number of anilines is 1. The highest BCUT2D eigenvalue weighted by atomic mass is 16.1. The molecule has 0 spiro atoms. The molecule has 21 heavy (non-hydrogen) atoms. The summed E-state index contributed by atoms with van der Waals surface area (Å²) in [6.07, 6.45) is 0.995. The van der Waals surface area contributed by atoms with Gasteiger partial charge in [0.1, 0.15) is 0 Å². The minimum atomic E-state index is -0.280. The Morgan fingerprint density at radius 1 is 1.10 bits per heavy atom. The van der Waals surface area contributed by atoms with Gasteiger partial charge in [-0.15, -0.1) is 0 Å². The van der Waals surface area contributed by atoms with E-state index in [-0.39, 0.29) is 5.91 Å². The fourth-order valence-electron chi connectivity index (χ4n) is 2.44. The maximum absolute atomic E-state index is 12.0. The first-order chi connectivity index (χ1) is 10.3. The number of carbonyl (C=O) groups excluding carboxylic acids is 1. The van der Waals surface area contributed by atoms with E-state index in [4.69, 9.17) is 0 Å². The predicted molar refractivity (Wildman–Crippen MR) is 83.8 cm³/mol. The van der Waals surface area contributed by atoms with Crippen LogP contribution in [0.4, 0.5) is 5.69 Å². The molecule has 0 saturated heterocycles. The molecule has 3 nitrogen and oxygen atoms in total. The molecule has 2 aromatic carbocycles. The maximum Gasteiger partial charge on any atom is 0.300 e. The van der Waals surface area contributed by atoms with E-state index in [9.17, 15) is 4.79 Å². The number of hydrogen-bond acceptors (Lipinski definition) is 2. The molecule has 0 bridgehead atoms. The molecule has 2 N–H and O–H groups in total. The number of benzene rings is 2. The molecule has 0 aromatic heterocycles. The molecular formula is C18H16N2O. The molecule has 1 amide bonds. The summed E-state index contributed by atoms with van der Waals surface area (Å²) < 4.78 is 0. The first-order valence-corrected chi connectivity index (χ1v) is 7.02. The molecular weight excluding hydrogens is 260 g/mol. The summed E-state index contributed by atoms with van der Waals surface area (Å²) in [7, 11) is 0. The van der Waals surface area contributed by atoms with Gasteiger partial charge in [0, 0.05) is 23.7 Å². The Kier molecular flexibility index (Phi) is 3.99. The predicted octanol–water partition coefficient (Wildman–Crippen LogP) is 2.32. The molecule has 2 aromatic rings. The van der Waals surface area contributed by atoms with Crippen LogP contribution in [-0.2, 0) is 17.8 Å². The summed E-state index contributed by atoms with van der Waals surface area (Å²) in [4.78, 5) is 12.0. The summed E-state index contributed by atoms with van der Waals surface area (Å²) in [5.74, 6) is 5.22. The van der Waals surface area contributed by atoms with Gasteiger partial charge in [-0.3, -0.25) is 4.79 Å². The Balaban J connectivity index is 1.75. The zero-order chi connectivity index (χ0) is 14.5. The molecule has 0 radical (unpaired) electrons. The highest BCUT2D eigenvalue weighted by molar-refractivity contribution is 6.04. The molecule has 1 aliphatic rings. The lowest BCUT2D eigenvalue weighted by Gasteiger charge is -2.20. The van der Waals surface area contributed by atoms with Crippen molar-refractivity contribution in [3.63, 3.8) is 0 Å². The van der Waals surface area contributed by atoms with Crippen LogP contribution in [0.2, 0.25) is 0 Å². The third-order valence-electron chi connectivity index (χ3n) is 3.49. The van der Waals surface area contributed by atoms with Crippen LogP contribution in [0.3, 0.4) is 0 Å². The highest BCUT2D eigenvalue weighted by Crippen LogP contribution is 2.22. The normalized spacial score (nSPS) is 12.8. The van der Waals surface area contributed by atoms with Gasteiger partial charge in [-0.2, -0.15) is 0 Å². The van der Waals surface area contributed by atoms with Crippen LogP contribution in [0.15, 0.2) is 48.5 Å². The molecule has 0 atom stereocenters. The average Bonchev–Trinajstić information content (AvgIpc) is 2.54. The van der Waals surface area contributed by atoms with Crippen LogP contribution in [0.1, 0.15) is 16.7 Å². The third kappa shape index (κ3) is 3.31. The quantitative estimate of drug-likeness (QED) is 0.785. The molecule has 0 saturated carbocycles. The Bertz CT molecular complexity index is 711. The maximum atomic E-state index is 12.0. The van der Waals surface area contributed by atoms with Gasteiger partial charge in [-0.1, -0.05) is 36.3 Å². The molecule has 104 valence electrons. The van der Waals surface area contributed by atoms with Crippen molar-refractivity contribution < 1.29 is 4.79 Å². The Morgan fingerprint density at radius 3 is 2.81 bits per heavy atom. The van der Waals surface area contributed by atoms with Gasteiger partial charge >= 0.3 is 5.91 Å². The second-order valence-electron chi connectivity index (χ2n) is 4.94. The Labute approximate surface area is 124 Å². The van der Waals surface area contributed by atoms with E-state index in [1.54, 1.807) is 0 Å². The number of amides is 1. The monoisotopic (exact) mass is 276 g/mol. The molecule has 3 heteroatoms. The molecule has 3 rings (SSSR count). The minimum absolute atomic E-state index is 0.280. The van der Waals surface area contributed by atoms with E-state index in [0.717, 1.165) is 30.8 Å². The summed E-state index contributed by atoms with van der Waals surface area (Å²) in [5, 5.41) is 6.21. The lowest BCUT2D eigenvalue weighted by atomic mass is 9.99. The second-order valence-corrected chi connectivity index (χ2v) is 4.94. The smallest absolute Gasteiger partial charge is 0.300 e. The zero-order valence-corrected chi connectivity index (χ0v) is 11.6. The standard InChI is InChI=1S/C18H16N2O/c21-18(10-9-14-5-2-1-3-6-14)20-17-8-4-7-15-11-12-19-13-16(15)17/h1-8,19H,11-13H2,(H,20,21). The van der Waals surface area contributed by atoms with Crippen molar-refractivity contribution in [2.24, 2.45) is 0 Å². The Morgan fingerprint density at radius 2 is 1.95 bits per heavy atom. The van der Waals surface area contributed by atoms with Crippen LogP contribution in [-0.4, -0.2) is 12.5 Å². The van der Waals surface area contributed by atoms with Crippen molar-refractivity contribution >= 4 is 11.6 Å². The van der Waals surface area contributed by atoms with Gasteiger partial charge in [0.2, 0.25) is 0 Å². The molecule has 0 aliphatic carbocycles. The molecule has 1 heterocycles. The first-order valence-electron chi connectivity index (χ1n) is 7.02. The number of nitrogens with one attached hydrogen (secondary N) is 2. The van der Waals surface area contributed by atoms with E-state index in [2.05, 4.69) is 28.5 Å². The SMILES string of the molecule is O=C(C#Cc1ccccc1)Nc1cccc2c1CNCC2. The van der Waals surface area contributed by atoms with Gasteiger partial charge < -0.3 is 10.6 Å². The van der Waals surface area contributed by atoms with E-state index in [0.29, 0.717) is 0 Å². The van der Waals surface area contributed by atoms with Crippen molar-refractivity contribution in [3.05, 3.63) is 65.2 Å². The van der Waals surface area contributed by atoms with E-state index >= 15 is 0 Å². The largest absolute Gasteiger partial charge is 0.315 e. The lowest BCUT2D eigenvalue weighted by Crippen LogP contribution is -2.25. The van der Waals surface area contributed by atoms with Crippen molar-refractivity contribution in [1.29, 1.82) is 0 Å². The Hall–Kier alpha value is -2.57. The number of hydrogen-bond donors (Lipinski definition) is 2. The van der Waals surface area contributed by atoms with Crippen LogP contribution in [0, 0.1) is 11.8 Å². The fraction of sp³-hybridized carbons (Fsp3) is 0.167. The van der Waals surface area contributed by atoms with Gasteiger partial charge in [-0.25, -0.2) is 0 Å². The van der Waals surface area contributed by atoms with Crippen LogP contribution in [0.25, 0.3) is 0 Å². The summed E-state index contributed by atoms with van der Waals surface area (Å²) >= 11 is 0. The van der Waals surface area contributed by atoms with Crippen LogP contribution >= 0.6 is 0 Å². The molecule has 0 unspecified atom stereocenters. The average molecular weight is 276 g/mol. The topological polar surface area (TPSA) is 41.1 Å². The first kappa shape index (κ1) is 13.4. The van der Waals surface area contributed by atoms with Crippen molar-refractivity contribution in [2.75, 3.05) is 11.9 Å². The van der Waals surface area contributed by atoms with Gasteiger partial charge in [-0.05, 0) is 42.3 Å². The van der Waals surface area contributed by atoms with E-state index in [1.165, 1.54) is 11.1 Å². The second kappa shape index (κ2) is 6.25. The number of rotatable bonds is 1. The summed E-state index contributed by atoms with van der Waals surface area (Å²) in [6, 6.07) is 15.5.